The molecular weight excluding hydrogens is 424 g/mol. The summed E-state index contributed by atoms with van der Waals surface area (Å²) in [5, 5.41) is 13.7. The van der Waals surface area contributed by atoms with Gasteiger partial charge in [-0.3, -0.25) is 4.79 Å². The lowest BCUT2D eigenvalue weighted by Crippen LogP contribution is -2.65. The molecule has 32 heavy (non-hydrogen) atoms. The molecule has 4 atom stereocenters. The summed E-state index contributed by atoms with van der Waals surface area (Å²) in [7, 11) is 1.39. The minimum Gasteiger partial charge on any atom is -0.462 e. The van der Waals surface area contributed by atoms with Crippen LogP contribution in [0.25, 0.3) is 11.0 Å². The fourth-order valence-corrected chi connectivity index (χ4v) is 3.78. The number of hydrogen-bond donors (Lipinski definition) is 3. The summed E-state index contributed by atoms with van der Waals surface area (Å²) < 4.78 is 27.6. The molecule has 11 nitrogen and oxygen atoms in total. The zero-order valence-electron chi connectivity index (χ0n) is 18.3. The molecule has 3 rings (SSSR count). The Morgan fingerprint density at radius 3 is 2.56 bits per heavy atom. The van der Waals surface area contributed by atoms with Gasteiger partial charge in [-0.05, 0) is 39.0 Å². The van der Waals surface area contributed by atoms with Crippen LogP contribution in [0, 0.1) is 6.92 Å². The Labute approximate surface area is 183 Å². The zero-order valence-corrected chi connectivity index (χ0v) is 18.3. The van der Waals surface area contributed by atoms with Crippen LogP contribution in [0.2, 0.25) is 0 Å². The maximum atomic E-state index is 12.2. The molecule has 174 valence electrons. The van der Waals surface area contributed by atoms with E-state index in [1.807, 2.05) is 0 Å². The van der Waals surface area contributed by atoms with Crippen molar-refractivity contribution in [3.63, 3.8) is 0 Å². The molecule has 1 saturated heterocycles. The van der Waals surface area contributed by atoms with Crippen LogP contribution in [0.15, 0.2) is 27.4 Å². The van der Waals surface area contributed by atoms with E-state index < -0.39 is 47.8 Å². The normalized spacial score (nSPS) is 24.7. The first-order chi connectivity index (χ1) is 14.9. The second kappa shape index (κ2) is 8.77. The largest absolute Gasteiger partial charge is 0.462 e. The molecule has 4 N–H and O–H groups in total. The Kier molecular flexibility index (Phi) is 6.44. The Bertz CT molecular complexity index is 1090. The Hall–Kier alpha value is -3.15. The molecule has 11 heteroatoms. The summed E-state index contributed by atoms with van der Waals surface area (Å²) in [4.78, 5) is 34.8. The van der Waals surface area contributed by atoms with Gasteiger partial charge in [0.25, 0.3) is 0 Å². The molecule has 1 aromatic heterocycles. The standard InChI is InChI=1S/C21H26N2O9/c1-9-13(7-6-11-8-12(23-10(2)24)18(26)30-15(9)11)29-19-14(25)16(31-20(22)27)17(28-5)21(3,4)32-19/h6-8,14,16-17,19,25H,1-5H3,(H2,22,27)(H,23,24)/t14-,16+,17+,19?/m0/s1. The predicted molar refractivity (Wildman–Crippen MR) is 112 cm³/mol. The van der Waals surface area contributed by atoms with Crippen molar-refractivity contribution in [1.29, 1.82) is 0 Å². The van der Waals surface area contributed by atoms with Gasteiger partial charge in [-0.25, -0.2) is 9.59 Å². The molecule has 2 amide bonds. The smallest absolute Gasteiger partial charge is 0.404 e. The quantitative estimate of drug-likeness (QED) is 0.572. The first kappa shape index (κ1) is 23.5. The molecule has 0 radical (unpaired) electrons. The molecule has 0 spiro atoms. The first-order valence-electron chi connectivity index (χ1n) is 9.81. The topological polar surface area (TPSA) is 160 Å². The van der Waals surface area contributed by atoms with E-state index >= 15 is 0 Å². The number of rotatable bonds is 5. The van der Waals surface area contributed by atoms with Gasteiger partial charge in [0.15, 0.2) is 12.2 Å². The van der Waals surface area contributed by atoms with Crippen molar-refractivity contribution in [2.45, 2.75) is 57.9 Å². The molecule has 2 heterocycles. The number of aryl methyl sites for hydroxylation is 1. The molecular formula is C21H26N2O9. The van der Waals surface area contributed by atoms with E-state index in [1.54, 1.807) is 32.9 Å². The molecule has 1 aromatic carbocycles. The van der Waals surface area contributed by atoms with Gasteiger partial charge < -0.3 is 39.5 Å². The van der Waals surface area contributed by atoms with Gasteiger partial charge in [-0.2, -0.15) is 0 Å². The number of aliphatic hydroxyl groups excluding tert-OH is 1. The van der Waals surface area contributed by atoms with E-state index in [0.29, 0.717) is 10.9 Å². The van der Waals surface area contributed by atoms with Crippen LogP contribution < -0.4 is 21.4 Å². The van der Waals surface area contributed by atoms with Crippen LogP contribution in [-0.4, -0.2) is 54.4 Å². The molecule has 1 fully saturated rings. The highest BCUT2D eigenvalue weighted by atomic mass is 16.7. The third-order valence-electron chi connectivity index (χ3n) is 5.18. The summed E-state index contributed by atoms with van der Waals surface area (Å²) in [5.74, 6) is -0.136. The Balaban J connectivity index is 1.95. The lowest BCUT2D eigenvalue weighted by atomic mass is 9.89. The van der Waals surface area contributed by atoms with Crippen LogP contribution in [0.4, 0.5) is 10.5 Å². The number of amides is 2. The van der Waals surface area contributed by atoms with E-state index in [-0.39, 0.29) is 17.0 Å². The molecule has 2 aromatic rings. The van der Waals surface area contributed by atoms with Gasteiger partial charge in [0.05, 0.1) is 5.60 Å². The monoisotopic (exact) mass is 450 g/mol. The zero-order chi connectivity index (χ0) is 23.8. The van der Waals surface area contributed by atoms with E-state index in [2.05, 4.69) is 5.32 Å². The average Bonchev–Trinajstić information content (AvgIpc) is 2.68. The third kappa shape index (κ3) is 4.54. The number of methoxy groups -OCH3 is 1. The van der Waals surface area contributed by atoms with Crippen molar-refractivity contribution in [3.05, 3.63) is 34.2 Å². The lowest BCUT2D eigenvalue weighted by Gasteiger charge is -2.47. The number of benzene rings is 1. The van der Waals surface area contributed by atoms with Crippen molar-refractivity contribution >= 4 is 28.7 Å². The second-order valence-corrected chi connectivity index (χ2v) is 7.99. The summed E-state index contributed by atoms with van der Waals surface area (Å²) in [6.07, 6.45) is -5.71. The summed E-state index contributed by atoms with van der Waals surface area (Å²) in [6.45, 7) is 6.33. The maximum absolute atomic E-state index is 12.2. The number of carbonyl (C=O) groups is 2. The molecule has 0 bridgehead atoms. The SMILES string of the molecule is CO[C@@H]1[C@H](OC(N)=O)[C@H](O)C(Oc2ccc3cc(NC(C)=O)c(=O)oc3c2C)OC1(C)C. The van der Waals surface area contributed by atoms with Crippen molar-refractivity contribution in [3.8, 4) is 5.75 Å². The molecule has 0 aliphatic carbocycles. The van der Waals surface area contributed by atoms with E-state index in [1.165, 1.54) is 20.1 Å². The minimum absolute atomic E-state index is 0.0166. The van der Waals surface area contributed by atoms with Gasteiger partial charge in [0.1, 0.15) is 23.1 Å². The van der Waals surface area contributed by atoms with Gasteiger partial charge >= 0.3 is 11.7 Å². The summed E-state index contributed by atoms with van der Waals surface area (Å²) in [5.41, 5.74) is 4.14. The number of nitrogens with two attached hydrogens (primary N) is 1. The predicted octanol–water partition coefficient (Wildman–Crippen LogP) is 1.41. The second-order valence-electron chi connectivity index (χ2n) is 7.99. The van der Waals surface area contributed by atoms with Gasteiger partial charge in [0, 0.05) is 25.0 Å². The van der Waals surface area contributed by atoms with Gasteiger partial charge in [0.2, 0.25) is 12.2 Å². The fraction of sp³-hybridized carbons (Fsp3) is 0.476. The molecule has 1 aliphatic rings. The fourth-order valence-electron chi connectivity index (χ4n) is 3.78. The number of anilines is 1. The number of aliphatic hydroxyl groups is 1. The highest BCUT2D eigenvalue weighted by molar-refractivity contribution is 5.91. The number of nitrogens with one attached hydrogen (secondary N) is 1. The van der Waals surface area contributed by atoms with E-state index in [9.17, 15) is 19.5 Å². The van der Waals surface area contributed by atoms with Crippen LogP contribution in [0.1, 0.15) is 26.3 Å². The van der Waals surface area contributed by atoms with Crippen molar-refractivity contribution in [2.75, 3.05) is 12.4 Å². The van der Waals surface area contributed by atoms with E-state index in [4.69, 9.17) is 29.1 Å². The van der Waals surface area contributed by atoms with Gasteiger partial charge in [-0.1, -0.05) is 0 Å². The molecule has 0 saturated carbocycles. The van der Waals surface area contributed by atoms with Crippen molar-refractivity contribution in [2.24, 2.45) is 5.73 Å². The highest BCUT2D eigenvalue weighted by Gasteiger charge is 2.53. The average molecular weight is 450 g/mol. The van der Waals surface area contributed by atoms with Crippen LogP contribution >= 0.6 is 0 Å². The molecule has 1 unspecified atom stereocenters. The van der Waals surface area contributed by atoms with Crippen LogP contribution in [-0.2, 0) is 19.0 Å². The van der Waals surface area contributed by atoms with Crippen LogP contribution in [0.3, 0.4) is 0 Å². The lowest BCUT2D eigenvalue weighted by molar-refractivity contribution is -0.304. The number of hydrogen-bond acceptors (Lipinski definition) is 9. The molecule has 1 aliphatic heterocycles. The first-order valence-corrected chi connectivity index (χ1v) is 9.81. The van der Waals surface area contributed by atoms with Crippen molar-refractivity contribution in [1.82, 2.24) is 0 Å². The number of carbonyl (C=O) groups excluding carboxylic acids is 2. The number of primary amides is 1. The number of ether oxygens (including phenoxy) is 4. The summed E-state index contributed by atoms with van der Waals surface area (Å²) >= 11 is 0. The van der Waals surface area contributed by atoms with Crippen molar-refractivity contribution < 1.29 is 38.1 Å². The van der Waals surface area contributed by atoms with E-state index in [0.717, 1.165) is 0 Å². The summed E-state index contributed by atoms with van der Waals surface area (Å²) in [6, 6.07) is 4.72. The third-order valence-corrected chi connectivity index (χ3v) is 5.18. The van der Waals surface area contributed by atoms with Crippen LogP contribution in [0.5, 0.6) is 5.75 Å². The minimum atomic E-state index is -1.43. The number of fused-ring (bicyclic) bond motifs is 1. The Morgan fingerprint density at radius 1 is 1.28 bits per heavy atom. The Morgan fingerprint density at radius 2 is 1.97 bits per heavy atom. The highest BCUT2D eigenvalue weighted by Crippen LogP contribution is 2.36. The maximum Gasteiger partial charge on any atom is 0.404 e. The van der Waals surface area contributed by atoms with Gasteiger partial charge in [-0.15, -0.1) is 0 Å².